The van der Waals surface area contributed by atoms with Crippen LogP contribution in [0.5, 0.6) is 5.75 Å². The molecule has 1 N–H and O–H groups in total. The molecule has 1 fully saturated rings. The number of carbonyl (C=O) groups is 1. The first-order valence-electron chi connectivity index (χ1n) is 13.5. The number of thiocarbonyl (C=S) groups is 1. The van der Waals surface area contributed by atoms with Crippen molar-refractivity contribution in [3.8, 4) is 22.8 Å². The first kappa shape index (κ1) is 30.2. The fraction of sp³-hybridized carbons (Fsp3) is 0.233. The average molecular weight is 625 g/mol. The molecule has 1 aromatic heterocycles. The summed E-state index contributed by atoms with van der Waals surface area (Å²) in [6.07, 6.45) is -0.803. The number of amides is 1. The van der Waals surface area contributed by atoms with Crippen molar-refractivity contribution in [2.24, 2.45) is 4.99 Å². The number of benzene rings is 3. The van der Waals surface area contributed by atoms with E-state index >= 15 is 0 Å². The van der Waals surface area contributed by atoms with E-state index in [0.29, 0.717) is 34.1 Å². The van der Waals surface area contributed by atoms with Gasteiger partial charge < -0.3 is 10.1 Å². The molecule has 0 unspecified atom stereocenters. The summed E-state index contributed by atoms with van der Waals surface area (Å²) >= 11 is 6.83. The molecule has 0 bridgehead atoms. The van der Waals surface area contributed by atoms with Gasteiger partial charge in [-0.3, -0.25) is 9.69 Å². The number of halogens is 3. The smallest absolute Gasteiger partial charge is 0.406 e. The number of amidine groups is 1. The number of aliphatic imine (C=N–C) groups is 1. The number of ether oxygens (including phenoxy) is 1. The highest BCUT2D eigenvalue weighted by Crippen LogP contribution is 2.30. The predicted molar refractivity (Wildman–Crippen MR) is 166 cm³/mol. The highest BCUT2D eigenvalue weighted by atomic mass is 32.2. The van der Waals surface area contributed by atoms with Gasteiger partial charge in [-0.2, -0.15) is 4.99 Å². The maximum Gasteiger partial charge on any atom is 0.573 e. The molecule has 0 atom stereocenters. The minimum absolute atomic E-state index is 0.00789. The van der Waals surface area contributed by atoms with Gasteiger partial charge in [-0.05, 0) is 72.9 Å². The molecule has 43 heavy (non-hydrogen) atoms. The molecule has 0 radical (unpaired) electrons. The Morgan fingerprint density at radius 3 is 2.56 bits per heavy atom. The lowest BCUT2D eigenvalue weighted by Gasteiger charge is -2.19. The Bertz CT molecular complexity index is 1620. The van der Waals surface area contributed by atoms with Crippen molar-refractivity contribution in [3.05, 3.63) is 90.3 Å². The van der Waals surface area contributed by atoms with E-state index in [1.54, 1.807) is 4.90 Å². The number of aromatic nitrogens is 3. The number of alkyl halides is 3. The number of hydrogen-bond acceptors (Lipinski definition) is 6. The second kappa shape index (κ2) is 13.4. The van der Waals surface area contributed by atoms with Crippen LogP contribution in [-0.4, -0.2) is 49.6 Å². The Hall–Kier alpha value is -4.23. The molecule has 0 saturated carbocycles. The minimum Gasteiger partial charge on any atom is -0.406 e. The van der Waals surface area contributed by atoms with E-state index in [9.17, 15) is 18.0 Å². The van der Waals surface area contributed by atoms with Crippen molar-refractivity contribution in [2.45, 2.75) is 32.5 Å². The SMILES string of the molecule is CCc1ccccc1N1C(=O)CS/C1=N\C(=S)NCCCc1ccc(-c2ncn(-c3ccc(OC(F)(F)F)cc3)n2)cc1. The standard InChI is InChI=1S/C30H27F3N6O2S2/c1-2-21-7-3-4-8-25(21)39-26(40)18-43-29(39)36-28(42)34-17-5-6-20-9-11-22(12-10-20)27-35-19-38(37-27)23-13-15-24(16-14-23)41-30(31,32)33/h3-4,7-16,19H,2,5-6,17-18H2,1H3,(H,34,42)/b36-29-. The van der Waals surface area contributed by atoms with Crippen LogP contribution in [0.4, 0.5) is 18.9 Å². The summed E-state index contributed by atoms with van der Waals surface area (Å²) in [5.74, 6) is 0.514. The van der Waals surface area contributed by atoms with Crippen LogP contribution in [0.25, 0.3) is 17.1 Å². The van der Waals surface area contributed by atoms with E-state index in [2.05, 4.69) is 32.1 Å². The number of nitrogens with zero attached hydrogens (tertiary/aromatic N) is 5. The Morgan fingerprint density at radius 2 is 1.84 bits per heavy atom. The molecule has 8 nitrogen and oxygen atoms in total. The lowest BCUT2D eigenvalue weighted by Crippen LogP contribution is -2.32. The van der Waals surface area contributed by atoms with Gasteiger partial charge in [0.2, 0.25) is 5.91 Å². The van der Waals surface area contributed by atoms with E-state index in [0.717, 1.165) is 41.6 Å². The maximum absolute atomic E-state index is 12.6. The van der Waals surface area contributed by atoms with Crippen LogP contribution < -0.4 is 15.0 Å². The highest BCUT2D eigenvalue weighted by molar-refractivity contribution is 8.15. The molecule has 2 heterocycles. The monoisotopic (exact) mass is 624 g/mol. The zero-order valence-electron chi connectivity index (χ0n) is 23.0. The number of thioether (sulfide) groups is 1. The van der Waals surface area contributed by atoms with Crippen molar-refractivity contribution in [3.63, 3.8) is 0 Å². The van der Waals surface area contributed by atoms with Gasteiger partial charge >= 0.3 is 6.36 Å². The third kappa shape index (κ3) is 7.79. The summed E-state index contributed by atoms with van der Waals surface area (Å²) in [4.78, 5) is 23.1. The first-order valence-corrected chi connectivity index (χ1v) is 14.9. The van der Waals surface area contributed by atoms with Gasteiger partial charge in [0.1, 0.15) is 12.1 Å². The number of aryl methyl sites for hydroxylation is 2. The molecule has 4 aromatic rings. The van der Waals surface area contributed by atoms with Crippen molar-refractivity contribution in [1.82, 2.24) is 20.1 Å². The molecule has 3 aromatic carbocycles. The van der Waals surface area contributed by atoms with Gasteiger partial charge in [0.15, 0.2) is 16.1 Å². The fourth-order valence-electron chi connectivity index (χ4n) is 4.46. The van der Waals surface area contributed by atoms with Gasteiger partial charge in [-0.15, -0.1) is 18.3 Å². The lowest BCUT2D eigenvalue weighted by atomic mass is 10.1. The zero-order valence-corrected chi connectivity index (χ0v) is 24.7. The van der Waals surface area contributed by atoms with Crippen LogP contribution >= 0.6 is 24.0 Å². The topological polar surface area (TPSA) is 84.6 Å². The summed E-state index contributed by atoms with van der Waals surface area (Å²) in [5.41, 5.74) is 4.42. The van der Waals surface area contributed by atoms with E-state index in [1.165, 1.54) is 47.0 Å². The molecule has 1 saturated heterocycles. The quantitative estimate of drug-likeness (QED) is 0.172. The number of para-hydroxylation sites is 1. The summed E-state index contributed by atoms with van der Waals surface area (Å²) < 4.78 is 42.6. The van der Waals surface area contributed by atoms with Crippen LogP contribution in [0.15, 0.2) is 84.1 Å². The molecular weight excluding hydrogens is 597 g/mol. The normalized spacial score (nSPS) is 14.4. The lowest BCUT2D eigenvalue weighted by molar-refractivity contribution is -0.274. The molecule has 0 aliphatic carbocycles. The fourth-order valence-corrected chi connectivity index (χ4v) is 5.58. The summed E-state index contributed by atoms with van der Waals surface area (Å²) in [6, 6.07) is 21.1. The van der Waals surface area contributed by atoms with Crippen molar-refractivity contribution >= 4 is 45.9 Å². The molecular formula is C30H27F3N6O2S2. The average Bonchev–Trinajstić information content (AvgIpc) is 3.62. The summed E-state index contributed by atoms with van der Waals surface area (Å²) in [6.45, 7) is 2.68. The van der Waals surface area contributed by atoms with E-state index in [-0.39, 0.29) is 11.7 Å². The van der Waals surface area contributed by atoms with Crippen molar-refractivity contribution in [1.29, 1.82) is 0 Å². The largest absolute Gasteiger partial charge is 0.573 e. The number of carbonyl (C=O) groups excluding carboxylic acids is 1. The predicted octanol–water partition coefficient (Wildman–Crippen LogP) is 6.34. The van der Waals surface area contributed by atoms with Gasteiger partial charge in [-0.25, -0.2) is 9.67 Å². The van der Waals surface area contributed by atoms with Crippen LogP contribution in [0.2, 0.25) is 0 Å². The molecule has 5 rings (SSSR count). The molecule has 1 aliphatic heterocycles. The zero-order chi connectivity index (χ0) is 30.4. The number of hydrogen-bond donors (Lipinski definition) is 1. The summed E-state index contributed by atoms with van der Waals surface area (Å²) in [5, 5.41) is 8.54. The van der Waals surface area contributed by atoms with Crippen molar-refractivity contribution in [2.75, 3.05) is 17.2 Å². The number of rotatable bonds is 9. The van der Waals surface area contributed by atoms with Crippen LogP contribution in [-0.2, 0) is 17.6 Å². The van der Waals surface area contributed by atoms with Gasteiger partial charge in [0, 0.05) is 12.1 Å². The Balaban J connectivity index is 1.12. The Kier molecular flexibility index (Phi) is 9.41. The summed E-state index contributed by atoms with van der Waals surface area (Å²) in [7, 11) is 0. The van der Waals surface area contributed by atoms with E-state index < -0.39 is 6.36 Å². The second-order valence-electron chi connectivity index (χ2n) is 9.48. The molecule has 222 valence electrons. The Morgan fingerprint density at radius 1 is 1.09 bits per heavy atom. The van der Waals surface area contributed by atoms with E-state index in [4.69, 9.17) is 12.2 Å². The molecule has 13 heteroatoms. The van der Waals surface area contributed by atoms with Gasteiger partial charge in [-0.1, -0.05) is 61.2 Å². The third-order valence-corrected chi connectivity index (χ3v) is 7.69. The minimum atomic E-state index is -4.74. The number of anilines is 1. The van der Waals surface area contributed by atoms with Crippen LogP contribution in [0, 0.1) is 0 Å². The number of nitrogens with one attached hydrogen (secondary N) is 1. The molecule has 0 spiro atoms. The van der Waals surface area contributed by atoms with Gasteiger partial charge in [0.25, 0.3) is 0 Å². The van der Waals surface area contributed by atoms with Crippen molar-refractivity contribution < 1.29 is 22.7 Å². The highest BCUT2D eigenvalue weighted by Gasteiger charge is 2.32. The van der Waals surface area contributed by atoms with Gasteiger partial charge in [0.05, 0.1) is 17.1 Å². The molecule has 1 amide bonds. The Labute approximate surface area is 256 Å². The second-order valence-corrected chi connectivity index (χ2v) is 10.8. The third-order valence-electron chi connectivity index (χ3n) is 6.53. The maximum atomic E-state index is 12.6. The van der Waals surface area contributed by atoms with Crippen LogP contribution in [0.3, 0.4) is 0 Å². The van der Waals surface area contributed by atoms with Crippen LogP contribution in [0.1, 0.15) is 24.5 Å². The molecule has 1 aliphatic rings. The van der Waals surface area contributed by atoms with E-state index in [1.807, 2.05) is 48.5 Å². The first-order chi connectivity index (χ1) is 20.7.